The van der Waals surface area contributed by atoms with Crippen LogP contribution in [-0.2, 0) is 0 Å². The van der Waals surface area contributed by atoms with Gasteiger partial charge in [0.15, 0.2) is 5.17 Å². The van der Waals surface area contributed by atoms with Gasteiger partial charge in [0.2, 0.25) is 0 Å². The molecule has 1 saturated carbocycles. The number of thioether (sulfide) groups is 1. The SMILES string of the molecule is CC(N=C1NC2(CCCC2)CS1)c1cccs1. The Balaban J connectivity index is 1.69. The van der Waals surface area contributed by atoms with E-state index in [1.165, 1.54) is 36.3 Å². The van der Waals surface area contributed by atoms with Crippen molar-refractivity contribution in [2.24, 2.45) is 4.99 Å². The average Bonchev–Trinajstić information content (AvgIpc) is 3.04. The van der Waals surface area contributed by atoms with E-state index < -0.39 is 0 Å². The van der Waals surface area contributed by atoms with Crippen LogP contribution in [0.25, 0.3) is 0 Å². The summed E-state index contributed by atoms with van der Waals surface area (Å²) in [7, 11) is 0. The molecule has 4 heteroatoms. The summed E-state index contributed by atoms with van der Waals surface area (Å²) >= 11 is 3.70. The van der Waals surface area contributed by atoms with Crippen LogP contribution in [0.2, 0.25) is 0 Å². The van der Waals surface area contributed by atoms with Gasteiger partial charge < -0.3 is 5.32 Å². The number of nitrogens with one attached hydrogen (secondary N) is 1. The van der Waals surface area contributed by atoms with Crippen LogP contribution in [-0.4, -0.2) is 16.5 Å². The molecule has 3 rings (SSSR count). The fourth-order valence-corrected chi connectivity index (χ4v) is 4.68. The summed E-state index contributed by atoms with van der Waals surface area (Å²) in [4.78, 5) is 6.17. The van der Waals surface area contributed by atoms with E-state index in [4.69, 9.17) is 4.99 Å². The summed E-state index contributed by atoms with van der Waals surface area (Å²) in [5, 5.41) is 6.96. The van der Waals surface area contributed by atoms with Gasteiger partial charge in [-0.15, -0.1) is 11.3 Å². The molecular formula is C13H18N2S2. The normalized spacial score (nSPS) is 26.5. The molecule has 1 N–H and O–H groups in total. The van der Waals surface area contributed by atoms with E-state index in [0.29, 0.717) is 11.6 Å². The van der Waals surface area contributed by atoms with E-state index in [1.54, 1.807) is 11.3 Å². The Hall–Kier alpha value is -0.480. The lowest BCUT2D eigenvalue weighted by Crippen LogP contribution is -2.40. The Morgan fingerprint density at radius 2 is 2.24 bits per heavy atom. The zero-order chi connectivity index (χ0) is 11.7. The van der Waals surface area contributed by atoms with E-state index in [0.717, 1.165) is 5.17 Å². The molecule has 17 heavy (non-hydrogen) atoms. The van der Waals surface area contributed by atoms with E-state index in [9.17, 15) is 0 Å². The maximum atomic E-state index is 4.82. The van der Waals surface area contributed by atoms with Crippen molar-refractivity contribution in [2.45, 2.75) is 44.2 Å². The third-order valence-electron chi connectivity index (χ3n) is 3.68. The van der Waals surface area contributed by atoms with Gasteiger partial charge >= 0.3 is 0 Å². The van der Waals surface area contributed by atoms with Crippen molar-refractivity contribution in [2.75, 3.05) is 5.75 Å². The lowest BCUT2D eigenvalue weighted by molar-refractivity contribution is 0.452. The number of hydrogen-bond donors (Lipinski definition) is 1. The summed E-state index contributed by atoms with van der Waals surface area (Å²) < 4.78 is 0. The highest BCUT2D eigenvalue weighted by Crippen LogP contribution is 2.38. The lowest BCUT2D eigenvalue weighted by Gasteiger charge is -2.22. The summed E-state index contributed by atoms with van der Waals surface area (Å²) in [6.45, 7) is 2.18. The molecule has 1 spiro atoms. The van der Waals surface area contributed by atoms with Gasteiger partial charge in [0.25, 0.3) is 0 Å². The molecule has 0 radical (unpaired) electrons. The predicted octanol–water partition coefficient (Wildman–Crippen LogP) is 3.81. The molecule has 1 saturated heterocycles. The molecular weight excluding hydrogens is 248 g/mol. The summed E-state index contributed by atoms with van der Waals surface area (Å²) in [6, 6.07) is 4.57. The minimum atomic E-state index is 0.293. The number of rotatable bonds is 2. The minimum absolute atomic E-state index is 0.293. The summed E-state index contributed by atoms with van der Waals surface area (Å²) in [5.74, 6) is 1.21. The summed E-state index contributed by atoms with van der Waals surface area (Å²) in [5.41, 5.74) is 0.388. The second kappa shape index (κ2) is 4.65. The topological polar surface area (TPSA) is 24.4 Å². The van der Waals surface area contributed by atoms with Crippen molar-refractivity contribution in [3.05, 3.63) is 22.4 Å². The molecule has 92 valence electrons. The molecule has 1 unspecified atom stereocenters. The highest BCUT2D eigenvalue weighted by Gasteiger charge is 2.39. The Bertz CT molecular complexity index is 405. The van der Waals surface area contributed by atoms with Crippen LogP contribution < -0.4 is 5.32 Å². The number of thiophene rings is 1. The minimum Gasteiger partial charge on any atom is -0.359 e. The molecule has 2 heterocycles. The fourth-order valence-electron chi connectivity index (χ4n) is 2.66. The van der Waals surface area contributed by atoms with Crippen molar-refractivity contribution in [1.82, 2.24) is 5.32 Å². The van der Waals surface area contributed by atoms with Crippen molar-refractivity contribution < 1.29 is 0 Å². The second-order valence-electron chi connectivity index (χ2n) is 5.03. The first-order valence-electron chi connectivity index (χ1n) is 6.30. The lowest BCUT2D eigenvalue weighted by atomic mass is 10.0. The quantitative estimate of drug-likeness (QED) is 0.880. The maximum Gasteiger partial charge on any atom is 0.157 e. The van der Waals surface area contributed by atoms with Gasteiger partial charge in [-0.1, -0.05) is 30.7 Å². The summed E-state index contributed by atoms with van der Waals surface area (Å²) in [6.07, 6.45) is 5.40. The van der Waals surface area contributed by atoms with Gasteiger partial charge in [-0.2, -0.15) is 0 Å². The smallest absolute Gasteiger partial charge is 0.157 e. The van der Waals surface area contributed by atoms with E-state index in [-0.39, 0.29) is 0 Å². The molecule has 0 aromatic carbocycles. The molecule has 1 atom stereocenters. The average molecular weight is 266 g/mol. The Labute approximate surface area is 111 Å². The predicted molar refractivity (Wildman–Crippen MR) is 77.0 cm³/mol. The number of nitrogens with zero attached hydrogens (tertiary/aromatic N) is 1. The second-order valence-corrected chi connectivity index (χ2v) is 6.97. The number of aliphatic imine (C=N–C) groups is 1. The van der Waals surface area contributed by atoms with Crippen LogP contribution in [0.5, 0.6) is 0 Å². The molecule has 2 aliphatic rings. The highest BCUT2D eigenvalue weighted by atomic mass is 32.2. The van der Waals surface area contributed by atoms with Gasteiger partial charge in [0.1, 0.15) is 0 Å². The van der Waals surface area contributed by atoms with Crippen molar-refractivity contribution in [3.63, 3.8) is 0 Å². The molecule has 0 amide bonds. The fraction of sp³-hybridized carbons (Fsp3) is 0.615. The van der Waals surface area contributed by atoms with Gasteiger partial charge in [0.05, 0.1) is 6.04 Å². The van der Waals surface area contributed by atoms with Crippen LogP contribution in [0, 0.1) is 0 Å². The molecule has 2 nitrogen and oxygen atoms in total. The molecule has 2 fully saturated rings. The Kier molecular flexibility index (Phi) is 3.17. The largest absolute Gasteiger partial charge is 0.359 e. The van der Waals surface area contributed by atoms with Gasteiger partial charge in [0, 0.05) is 16.2 Å². The monoisotopic (exact) mass is 266 g/mol. The highest BCUT2D eigenvalue weighted by molar-refractivity contribution is 8.14. The molecule has 0 bridgehead atoms. The van der Waals surface area contributed by atoms with Gasteiger partial charge in [-0.05, 0) is 31.2 Å². The van der Waals surface area contributed by atoms with E-state index in [2.05, 4.69) is 29.8 Å². The van der Waals surface area contributed by atoms with Crippen molar-refractivity contribution in [1.29, 1.82) is 0 Å². The zero-order valence-electron chi connectivity index (χ0n) is 10.1. The molecule has 1 aromatic rings. The number of amidine groups is 1. The van der Waals surface area contributed by atoms with Crippen molar-refractivity contribution >= 4 is 28.3 Å². The van der Waals surface area contributed by atoms with Crippen LogP contribution in [0.4, 0.5) is 0 Å². The molecule has 1 aliphatic carbocycles. The van der Waals surface area contributed by atoms with Crippen LogP contribution in [0.3, 0.4) is 0 Å². The van der Waals surface area contributed by atoms with Crippen LogP contribution in [0.1, 0.15) is 43.5 Å². The van der Waals surface area contributed by atoms with Crippen LogP contribution in [0.15, 0.2) is 22.5 Å². The van der Waals surface area contributed by atoms with E-state index in [1.807, 2.05) is 11.8 Å². The first-order chi connectivity index (χ1) is 8.27. The third kappa shape index (κ3) is 2.38. The van der Waals surface area contributed by atoms with E-state index >= 15 is 0 Å². The number of hydrogen-bond acceptors (Lipinski definition) is 3. The third-order valence-corrected chi connectivity index (χ3v) is 5.90. The molecule has 1 aliphatic heterocycles. The maximum absolute atomic E-state index is 4.82. The Morgan fingerprint density at radius 3 is 2.94 bits per heavy atom. The Morgan fingerprint density at radius 1 is 1.41 bits per heavy atom. The molecule has 1 aromatic heterocycles. The first kappa shape index (κ1) is 11.6. The van der Waals surface area contributed by atoms with Crippen LogP contribution >= 0.6 is 23.1 Å². The van der Waals surface area contributed by atoms with Gasteiger partial charge in [-0.25, -0.2) is 0 Å². The van der Waals surface area contributed by atoms with Crippen molar-refractivity contribution in [3.8, 4) is 0 Å². The van der Waals surface area contributed by atoms with Gasteiger partial charge in [-0.3, -0.25) is 4.99 Å². The standard InChI is InChI=1S/C13H18N2S2/c1-10(11-5-4-8-16-11)14-12-15-13(9-17-12)6-2-3-7-13/h4-5,8,10H,2-3,6-7,9H2,1H3,(H,14,15). The zero-order valence-corrected chi connectivity index (χ0v) is 11.7. The first-order valence-corrected chi connectivity index (χ1v) is 8.16.